The molecule has 2 rings (SSSR count). The summed E-state index contributed by atoms with van der Waals surface area (Å²) in [6, 6.07) is 4.15. The minimum atomic E-state index is 0.803. The molecule has 0 aliphatic carbocycles. The maximum absolute atomic E-state index is 5.92. The van der Waals surface area contributed by atoms with Crippen LogP contribution in [0, 0.1) is 6.92 Å². The summed E-state index contributed by atoms with van der Waals surface area (Å²) in [6.07, 6.45) is 0. The van der Waals surface area contributed by atoms with Crippen LogP contribution in [0.2, 0.25) is 0 Å². The maximum atomic E-state index is 5.92. The lowest BCUT2D eigenvalue weighted by Crippen LogP contribution is -2.36. The standard InChI is InChI=1S/C12H19N3O/c1-9-7-10(13)11(14-2)8-12(9)15-3-5-16-6-4-15/h7-8,14H,3-6,13H2,1-2H3. The van der Waals surface area contributed by atoms with Crippen molar-refractivity contribution in [1.82, 2.24) is 0 Å². The number of ether oxygens (including phenoxy) is 1. The summed E-state index contributed by atoms with van der Waals surface area (Å²) in [6.45, 7) is 5.61. The predicted molar refractivity (Wildman–Crippen MR) is 68.2 cm³/mol. The van der Waals surface area contributed by atoms with Crippen LogP contribution in [-0.4, -0.2) is 33.4 Å². The fourth-order valence-electron chi connectivity index (χ4n) is 2.08. The molecular weight excluding hydrogens is 202 g/mol. The molecule has 1 saturated heterocycles. The molecule has 1 aromatic carbocycles. The molecule has 1 aliphatic rings. The Kier molecular flexibility index (Phi) is 3.19. The second-order valence-electron chi connectivity index (χ2n) is 4.08. The Bertz CT molecular complexity index is 373. The molecular formula is C12H19N3O. The molecule has 0 saturated carbocycles. The van der Waals surface area contributed by atoms with E-state index in [0.717, 1.165) is 37.7 Å². The molecule has 1 aliphatic heterocycles. The van der Waals surface area contributed by atoms with E-state index in [1.807, 2.05) is 13.1 Å². The SMILES string of the molecule is CNc1cc(N2CCOCC2)c(C)cc1N. The van der Waals surface area contributed by atoms with Crippen molar-refractivity contribution in [1.29, 1.82) is 0 Å². The Morgan fingerprint density at radius 1 is 1.31 bits per heavy atom. The zero-order valence-corrected chi connectivity index (χ0v) is 9.92. The minimum Gasteiger partial charge on any atom is -0.397 e. The molecule has 88 valence electrons. The van der Waals surface area contributed by atoms with Crippen LogP contribution >= 0.6 is 0 Å². The molecule has 1 aromatic rings. The summed E-state index contributed by atoms with van der Waals surface area (Å²) in [4.78, 5) is 2.35. The molecule has 0 spiro atoms. The Hall–Kier alpha value is -1.42. The average molecular weight is 221 g/mol. The lowest BCUT2D eigenvalue weighted by atomic mass is 10.1. The van der Waals surface area contributed by atoms with Crippen LogP contribution in [-0.2, 0) is 4.74 Å². The minimum absolute atomic E-state index is 0.803. The van der Waals surface area contributed by atoms with Gasteiger partial charge in [-0.2, -0.15) is 0 Å². The van der Waals surface area contributed by atoms with Crippen LogP contribution in [0.25, 0.3) is 0 Å². The number of hydrogen-bond donors (Lipinski definition) is 2. The lowest BCUT2D eigenvalue weighted by molar-refractivity contribution is 0.122. The number of nitrogens with two attached hydrogens (primary N) is 1. The summed E-state index contributed by atoms with van der Waals surface area (Å²) < 4.78 is 5.36. The van der Waals surface area contributed by atoms with Crippen molar-refractivity contribution in [2.75, 3.05) is 49.3 Å². The number of nitrogens with zero attached hydrogens (tertiary/aromatic N) is 1. The molecule has 0 amide bonds. The van der Waals surface area contributed by atoms with E-state index in [9.17, 15) is 0 Å². The van der Waals surface area contributed by atoms with Crippen LogP contribution in [0.5, 0.6) is 0 Å². The van der Waals surface area contributed by atoms with Gasteiger partial charge in [-0.1, -0.05) is 0 Å². The van der Waals surface area contributed by atoms with Gasteiger partial charge in [0.15, 0.2) is 0 Å². The van der Waals surface area contributed by atoms with Crippen molar-refractivity contribution in [2.45, 2.75) is 6.92 Å². The molecule has 0 bridgehead atoms. The normalized spacial score (nSPS) is 16.2. The highest BCUT2D eigenvalue weighted by atomic mass is 16.5. The summed E-state index contributed by atoms with van der Waals surface area (Å²) in [7, 11) is 1.89. The van der Waals surface area contributed by atoms with Gasteiger partial charge in [-0.25, -0.2) is 0 Å². The van der Waals surface area contributed by atoms with Crippen LogP contribution in [0.15, 0.2) is 12.1 Å². The summed E-state index contributed by atoms with van der Waals surface area (Å²) in [5.74, 6) is 0. The first kappa shape index (κ1) is 11.1. The number of anilines is 3. The Labute approximate surface area is 96.4 Å². The zero-order valence-electron chi connectivity index (χ0n) is 9.92. The number of nitrogens with one attached hydrogen (secondary N) is 1. The monoisotopic (exact) mass is 221 g/mol. The summed E-state index contributed by atoms with van der Waals surface area (Å²) >= 11 is 0. The Morgan fingerprint density at radius 3 is 2.62 bits per heavy atom. The van der Waals surface area contributed by atoms with Gasteiger partial charge < -0.3 is 20.7 Å². The Balaban J connectivity index is 2.31. The largest absolute Gasteiger partial charge is 0.397 e. The van der Waals surface area contributed by atoms with Crippen molar-refractivity contribution >= 4 is 17.1 Å². The second kappa shape index (κ2) is 4.61. The molecule has 4 nitrogen and oxygen atoms in total. The van der Waals surface area contributed by atoms with E-state index in [4.69, 9.17) is 10.5 Å². The molecule has 0 radical (unpaired) electrons. The smallest absolute Gasteiger partial charge is 0.0642 e. The topological polar surface area (TPSA) is 50.5 Å². The van der Waals surface area contributed by atoms with Crippen molar-refractivity contribution in [3.8, 4) is 0 Å². The molecule has 16 heavy (non-hydrogen) atoms. The Morgan fingerprint density at radius 2 is 2.00 bits per heavy atom. The van der Waals surface area contributed by atoms with Crippen LogP contribution < -0.4 is 16.0 Å². The van der Waals surface area contributed by atoms with E-state index in [1.165, 1.54) is 11.3 Å². The third-order valence-electron chi connectivity index (χ3n) is 2.99. The number of nitrogen functional groups attached to an aromatic ring is 1. The van der Waals surface area contributed by atoms with Gasteiger partial charge in [-0.15, -0.1) is 0 Å². The van der Waals surface area contributed by atoms with Gasteiger partial charge in [-0.05, 0) is 24.6 Å². The molecule has 0 unspecified atom stereocenters. The van der Waals surface area contributed by atoms with E-state index in [-0.39, 0.29) is 0 Å². The van der Waals surface area contributed by atoms with Crippen molar-refractivity contribution in [2.24, 2.45) is 0 Å². The molecule has 1 heterocycles. The number of benzene rings is 1. The lowest BCUT2D eigenvalue weighted by Gasteiger charge is -2.30. The molecule has 4 heteroatoms. The molecule has 0 aromatic heterocycles. The third-order valence-corrected chi connectivity index (χ3v) is 2.99. The van der Waals surface area contributed by atoms with Gasteiger partial charge in [-0.3, -0.25) is 0 Å². The fraction of sp³-hybridized carbons (Fsp3) is 0.500. The van der Waals surface area contributed by atoms with Crippen LogP contribution in [0.3, 0.4) is 0 Å². The zero-order chi connectivity index (χ0) is 11.5. The number of rotatable bonds is 2. The second-order valence-corrected chi connectivity index (χ2v) is 4.08. The number of aryl methyl sites for hydroxylation is 1. The fourth-order valence-corrected chi connectivity index (χ4v) is 2.08. The van der Waals surface area contributed by atoms with E-state index >= 15 is 0 Å². The van der Waals surface area contributed by atoms with Crippen LogP contribution in [0.1, 0.15) is 5.56 Å². The third kappa shape index (κ3) is 2.07. The molecule has 3 N–H and O–H groups in total. The quantitative estimate of drug-likeness (QED) is 0.742. The van der Waals surface area contributed by atoms with Gasteiger partial charge in [0, 0.05) is 25.8 Å². The summed E-state index contributed by atoms with van der Waals surface area (Å²) in [5, 5.41) is 3.12. The van der Waals surface area contributed by atoms with Crippen molar-refractivity contribution < 1.29 is 4.74 Å². The van der Waals surface area contributed by atoms with Crippen LogP contribution in [0.4, 0.5) is 17.1 Å². The average Bonchev–Trinajstić information content (AvgIpc) is 2.30. The van der Waals surface area contributed by atoms with E-state index in [1.54, 1.807) is 0 Å². The van der Waals surface area contributed by atoms with Gasteiger partial charge in [0.2, 0.25) is 0 Å². The van der Waals surface area contributed by atoms with E-state index in [0.29, 0.717) is 0 Å². The van der Waals surface area contributed by atoms with Crippen molar-refractivity contribution in [3.05, 3.63) is 17.7 Å². The highest BCUT2D eigenvalue weighted by Gasteiger charge is 2.14. The first-order valence-corrected chi connectivity index (χ1v) is 5.63. The van der Waals surface area contributed by atoms with E-state index < -0.39 is 0 Å². The highest BCUT2D eigenvalue weighted by Crippen LogP contribution is 2.29. The number of hydrogen-bond acceptors (Lipinski definition) is 4. The predicted octanol–water partition coefficient (Wildman–Crippen LogP) is 1.46. The first-order chi connectivity index (χ1) is 7.72. The van der Waals surface area contributed by atoms with Gasteiger partial charge in [0.25, 0.3) is 0 Å². The highest BCUT2D eigenvalue weighted by molar-refractivity contribution is 5.74. The first-order valence-electron chi connectivity index (χ1n) is 5.63. The van der Waals surface area contributed by atoms with Gasteiger partial charge in [0.05, 0.1) is 24.6 Å². The van der Waals surface area contributed by atoms with Gasteiger partial charge in [0.1, 0.15) is 0 Å². The van der Waals surface area contributed by atoms with Crippen molar-refractivity contribution in [3.63, 3.8) is 0 Å². The van der Waals surface area contributed by atoms with E-state index in [2.05, 4.69) is 23.2 Å². The van der Waals surface area contributed by atoms with Gasteiger partial charge >= 0.3 is 0 Å². The number of morpholine rings is 1. The summed E-state index contributed by atoms with van der Waals surface area (Å²) in [5.41, 5.74) is 10.2. The molecule has 1 fully saturated rings. The molecule has 0 atom stereocenters. The maximum Gasteiger partial charge on any atom is 0.0642 e.